The van der Waals surface area contributed by atoms with Crippen molar-refractivity contribution in [2.45, 2.75) is 33.4 Å². The van der Waals surface area contributed by atoms with Gasteiger partial charge in [-0.2, -0.15) is 0 Å². The fraction of sp³-hybridized carbons (Fsp3) is 0.208. The smallest absolute Gasteiger partial charge is 0.263 e. The SMILES string of the molecule is Cc1ccc(OCc2nc(C)c(C(=O)N[C@@H](C)c3ccc(-n4ccnc4)cc3)s2)cc1. The summed E-state index contributed by atoms with van der Waals surface area (Å²) in [5.41, 5.74) is 3.95. The number of thiazole rings is 1. The van der Waals surface area contributed by atoms with Crippen LogP contribution in [0.1, 0.15) is 44.5 Å². The molecule has 2 aromatic heterocycles. The van der Waals surface area contributed by atoms with E-state index in [-0.39, 0.29) is 11.9 Å². The predicted molar refractivity (Wildman–Crippen MR) is 122 cm³/mol. The number of ether oxygens (including phenoxy) is 1. The molecule has 0 aliphatic heterocycles. The minimum Gasteiger partial charge on any atom is -0.486 e. The Morgan fingerprint density at radius 2 is 1.87 bits per heavy atom. The largest absolute Gasteiger partial charge is 0.486 e. The summed E-state index contributed by atoms with van der Waals surface area (Å²) in [6.45, 7) is 6.20. The van der Waals surface area contributed by atoms with E-state index in [4.69, 9.17) is 4.74 Å². The van der Waals surface area contributed by atoms with Crippen LogP contribution in [-0.2, 0) is 6.61 Å². The average molecular weight is 433 g/mol. The molecule has 1 amide bonds. The van der Waals surface area contributed by atoms with Crippen LogP contribution in [-0.4, -0.2) is 20.4 Å². The Labute approximate surface area is 185 Å². The summed E-state index contributed by atoms with van der Waals surface area (Å²) in [4.78, 5) is 22.0. The number of aromatic nitrogens is 3. The predicted octanol–water partition coefficient (Wildman–Crippen LogP) is 5.02. The number of nitrogens with zero attached hydrogens (tertiary/aromatic N) is 3. The topological polar surface area (TPSA) is 69.0 Å². The maximum atomic E-state index is 12.8. The zero-order valence-corrected chi connectivity index (χ0v) is 18.5. The Morgan fingerprint density at radius 1 is 1.13 bits per heavy atom. The number of carbonyl (C=O) groups excluding carboxylic acids is 1. The number of amides is 1. The highest BCUT2D eigenvalue weighted by atomic mass is 32.1. The quantitative estimate of drug-likeness (QED) is 0.445. The molecule has 0 unspecified atom stereocenters. The molecule has 7 heteroatoms. The molecule has 31 heavy (non-hydrogen) atoms. The van der Waals surface area contributed by atoms with Crippen molar-refractivity contribution in [3.63, 3.8) is 0 Å². The van der Waals surface area contributed by atoms with E-state index in [0.29, 0.717) is 17.2 Å². The second kappa shape index (κ2) is 9.14. The van der Waals surface area contributed by atoms with E-state index < -0.39 is 0 Å². The van der Waals surface area contributed by atoms with E-state index in [2.05, 4.69) is 15.3 Å². The third-order valence-corrected chi connectivity index (χ3v) is 6.10. The van der Waals surface area contributed by atoms with E-state index in [0.717, 1.165) is 22.0 Å². The molecule has 4 rings (SSSR count). The highest BCUT2D eigenvalue weighted by Gasteiger charge is 2.18. The van der Waals surface area contributed by atoms with Crippen molar-refractivity contribution < 1.29 is 9.53 Å². The van der Waals surface area contributed by atoms with E-state index in [1.165, 1.54) is 16.9 Å². The zero-order valence-electron chi connectivity index (χ0n) is 17.7. The van der Waals surface area contributed by atoms with Crippen LogP contribution in [0.5, 0.6) is 5.75 Å². The van der Waals surface area contributed by atoms with Crippen molar-refractivity contribution in [3.05, 3.63) is 94.0 Å². The van der Waals surface area contributed by atoms with Crippen LogP contribution < -0.4 is 10.1 Å². The molecule has 158 valence electrons. The van der Waals surface area contributed by atoms with Crippen molar-refractivity contribution in [2.75, 3.05) is 0 Å². The van der Waals surface area contributed by atoms with Crippen LogP contribution in [0, 0.1) is 13.8 Å². The van der Waals surface area contributed by atoms with Crippen molar-refractivity contribution >= 4 is 17.2 Å². The molecule has 2 aromatic carbocycles. The molecule has 0 fully saturated rings. The minimum atomic E-state index is -0.127. The Kier molecular flexibility index (Phi) is 6.13. The molecule has 1 N–H and O–H groups in total. The van der Waals surface area contributed by atoms with Crippen molar-refractivity contribution in [2.24, 2.45) is 0 Å². The maximum absolute atomic E-state index is 12.8. The Balaban J connectivity index is 1.38. The van der Waals surface area contributed by atoms with Crippen LogP contribution in [0.25, 0.3) is 5.69 Å². The molecule has 6 nitrogen and oxygen atoms in total. The minimum absolute atomic E-state index is 0.122. The molecule has 0 saturated heterocycles. The van der Waals surface area contributed by atoms with Crippen LogP contribution in [0.2, 0.25) is 0 Å². The fourth-order valence-corrected chi connectivity index (χ4v) is 4.08. The van der Waals surface area contributed by atoms with Gasteiger partial charge >= 0.3 is 0 Å². The van der Waals surface area contributed by atoms with Gasteiger partial charge in [-0.3, -0.25) is 4.79 Å². The van der Waals surface area contributed by atoms with Gasteiger partial charge in [0.05, 0.1) is 18.1 Å². The van der Waals surface area contributed by atoms with E-state index >= 15 is 0 Å². The van der Waals surface area contributed by atoms with Crippen LogP contribution >= 0.6 is 11.3 Å². The molecule has 0 saturated carbocycles. The number of benzene rings is 2. The molecule has 4 aromatic rings. The normalized spacial score (nSPS) is 11.8. The van der Waals surface area contributed by atoms with E-state index in [1.807, 2.05) is 80.1 Å². The molecular weight excluding hydrogens is 408 g/mol. The number of rotatable bonds is 7. The highest BCUT2D eigenvalue weighted by Crippen LogP contribution is 2.22. The summed E-state index contributed by atoms with van der Waals surface area (Å²) in [5.74, 6) is 0.667. The van der Waals surface area contributed by atoms with Crippen molar-refractivity contribution in [1.29, 1.82) is 0 Å². The van der Waals surface area contributed by atoms with Crippen molar-refractivity contribution in [3.8, 4) is 11.4 Å². The first-order valence-corrected chi connectivity index (χ1v) is 10.9. The molecule has 1 atom stereocenters. The van der Waals surface area contributed by atoms with Crippen LogP contribution in [0.15, 0.2) is 67.3 Å². The maximum Gasteiger partial charge on any atom is 0.263 e. The molecular formula is C24H24N4O2S. The van der Waals surface area contributed by atoms with Crippen LogP contribution in [0.3, 0.4) is 0 Å². The summed E-state index contributed by atoms with van der Waals surface area (Å²) in [7, 11) is 0. The second-order valence-electron chi connectivity index (χ2n) is 7.38. The van der Waals surface area contributed by atoms with Gasteiger partial charge in [0, 0.05) is 18.1 Å². The van der Waals surface area contributed by atoms with E-state index in [9.17, 15) is 4.79 Å². The van der Waals surface area contributed by atoms with Gasteiger partial charge < -0.3 is 14.6 Å². The van der Waals surface area contributed by atoms with Gasteiger partial charge in [-0.1, -0.05) is 29.8 Å². The van der Waals surface area contributed by atoms with Gasteiger partial charge in [-0.15, -0.1) is 11.3 Å². The van der Waals surface area contributed by atoms with E-state index in [1.54, 1.807) is 12.5 Å². The lowest BCUT2D eigenvalue weighted by Crippen LogP contribution is -2.26. The Morgan fingerprint density at radius 3 is 2.55 bits per heavy atom. The fourth-order valence-electron chi connectivity index (χ4n) is 3.20. The Hall–Kier alpha value is -3.45. The summed E-state index contributed by atoms with van der Waals surface area (Å²) in [5, 5.41) is 3.85. The summed E-state index contributed by atoms with van der Waals surface area (Å²) >= 11 is 1.37. The average Bonchev–Trinajstić information content (AvgIpc) is 3.43. The first-order valence-electron chi connectivity index (χ1n) is 10.0. The van der Waals surface area contributed by atoms with Gasteiger partial charge in [0.25, 0.3) is 5.91 Å². The zero-order chi connectivity index (χ0) is 21.8. The summed E-state index contributed by atoms with van der Waals surface area (Å²) in [6, 6.07) is 15.8. The number of nitrogens with one attached hydrogen (secondary N) is 1. The highest BCUT2D eigenvalue weighted by molar-refractivity contribution is 7.13. The molecule has 0 spiro atoms. The summed E-state index contributed by atoms with van der Waals surface area (Å²) in [6.07, 6.45) is 5.40. The van der Waals surface area contributed by atoms with Gasteiger partial charge in [-0.05, 0) is 50.6 Å². The molecule has 0 radical (unpaired) electrons. The number of hydrogen-bond donors (Lipinski definition) is 1. The molecule has 0 aliphatic carbocycles. The first-order chi connectivity index (χ1) is 15.0. The standard InChI is InChI=1S/C24H24N4O2S/c1-16-4-10-21(11-5-16)30-14-22-26-18(3)23(31-22)24(29)27-17(2)19-6-8-20(9-7-19)28-13-12-25-15-28/h4-13,15,17H,14H2,1-3H3,(H,27,29)/t17-/m0/s1. The van der Waals surface area contributed by atoms with Crippen molar-refractivity contribution in [1.82, 2.24) is 19.9 Å². The number of carbonyl (C=O) groups is 1. The molecule has 2 heterocycles. The number of hydrogen-bond acceptors (Lipinski definition) is 5. The second-order valence-corrected chi connectivity index (χ2v) is 8.46. The van der Waals surface area contributed by atoms with Gasteiger partial charge in [0.15, 0.2) is 0 Å². The Bertz CT molecular complexity index is 1150. The first kappa shape index (κ1) is 20.8. The molecule has 0 aliphatic rings. The monoisotopic (exact) mass is 432 g/mol. The number of imidazole rings is 1. The van der Waals surface area contributed by atoms with Gasteiger partial charge in [-0.25, -0.2) is 9.97 Å². The van der Waals surface area contributed by atoms with Gasteiger partial charge in [0.2, 0.25) is 0 Å². The summed E-state index contributed by atoms with van der Waals surface area (Å²) < 4.78 is 7.74. The van der Waals surface area contributed by atoms with Crippen LogP contribution in [0.4, 0.5) is 0 Å². The molecule has 0 bridgehead atoms. The third-order valence-electron chi connectivity index (χ3n) is 4.97. The lowest BCUT2D eigenvalue weighted by atomic mass is 10.1. The lowest BCUT2D eigenvalue weighted by Gasteiger charge is -2.14. The lowest BCUT2D eigenvalue weighted by molar-refractivity contribution is 0.0943. The third kappa shape index (κ3) is 5.00. The van der Waals surface area contributed by atoms with Gasteiger partial charge in [0.1, 0.15) is 22.2 Å². The number of aryl methyl sites for hydroxylation is 2.